The first kappa shape index (κ1) is 11.8. The highest BCUT2D eigenvalue weighted by molar-refractivity contribution is 5.95. The average molecular weight is 211 g/mol. The Kier molecular flexibility index (Phi) is 2.88. The summed E-state index contributed by atoms with van der Waals surface area (Å²) in [5.41, 5.74) is 0.0676. The van der Waals surface area contributed by atoms with E-state index in [9.17, 15) is 9.59 Å². The van der Waals surface area contributed by atoms with Gasteiger partial charge in [0.25, 0.3) is 5.91 Å². The van der Waals surface area contributed by atoms with Gasteiger partial charge in [0.15, 0.2) is 6.23 Å². The second-order valence-corrected chi connectivity index (χ2v) is 4.81. The molecule has 0 saturated carbocycles. The van der Waals surface area contributed by atoms with E-state index in [1.807, 2.05) is 0 Å². The van der Waals surface area contributed by atoms with E-state index in [2.05, 4.69) is 0 Å². The van der Waals surface area contributed by atoms with Crippen LogP contribution in [-0.2, 0) is 14.3 Å². The number of amides is 1. The smallest absolute Gasteiger partial charge is 0.313 e. The monoisotopic (exact) mass is 211 g/mol. The first-order chi connectivity index (χ1) is 6.73. The first-order valence-electron chi connectivity index (χ1n) is 4.90. The van der Waals surface area contributed by atoms with Crippen molar-refractivity contribution in [1.29, 1.82) is 0 Å². The number of likely N-dealkylation sites (N-methyl/N-ethyl adjacent to an activating group) is 1. The molecule has 0 bridgehead atoms. The van der Waals surface area contributed by atoms with E-state index in [0.29, 0.717) is 5.57 Å². The fourth-order valence-corrected chi connectivity index (χ4v) is 1.19. The third-order valence-corrected chi connectivity index (χ3v) is 2.27. The lowest BCUT2D eigenvalue weighted by Crippen LogP contribution is -2.37. The van der Waals surface area contributed by atoms with Crippen molar-refractivity contribution in [3.05, 3.63) is 11.6 Å². The van der Waals surface area contributed by atoms with Crippen LogP contribution >= 0.6 is 0 Å². The van der Waals surface area contributed by atoms with Gasteiger partial charge in [-0.15, -0.1) is 0 Å². The van der Waals surface area contributed by atoms with Crippen molar-refractivity contribution >= 4 is 11.9 Å². The highest BCUT2D eigenvalue weighted by Gasteiger charge is 2.32. The second-order valence-electron chi connectivity index (χ2n) is 4.81. The van der Waals surface area contributed by atoms with Gasteiger partial charge < -0.3 is 9.64 Å². The highest BCUT2D eigenvalue weighted by atomic mass is 16.6. The summed E-state index contributed by atoms with van der Waals surface area (Å²) >= 11 is 0. The number of nitrogens with zero attached hydrogens (tertiary/aromatic N) is 1. The van der Waals surface area contributed by atoms with Crippen molar-refractivity contribution in [2.45, 2.75) is 33.9 Å². The molecule has 0 saturated heterocycles. The third-order valence-electron chi connectivity index (χ3n) is 2.27. The van der Waals surface area contributed by atoms with E-state index in [1.165, 1.54) is 4.90 Å². The van der Waals surface area contributed by atoms with Gasteiger partial charge in [-0.2, -0.15) is 0 Å². The molecule has 4 nitrogen and oxygen atoms in total. The fraction of sp³-hybridized carbons (Fsp3) is 0.636. The molecule has 0 aliphatic carbocycles. The highest BCUT2D eigenvalue weighted by Crippen LogP contribution is 2.21. The van der Waals surface area contributed by atoms with E-state index in [0.717, 1.165) is 0 Å². The maximum atomic E-state index is 11.6. The van der Waals surface area contributed by atoms with E-state index >= 15 is 0 Å². The molecule has 0 N–H and O–H groups in total. The maximum Gasteiger partial charge on any atom is 0.313 e. The number of carbonyl (C=O) groups excluding carboxylic acids is 2. The van der Waals surface area contributed by atoms with Crippen LogP contribution in [0.1, 0.15) is 27.7 Å². The molecule has 1 rings (SSSR count). The number of hydrogen-bond donors (Lipinski definition) is 0. The van der Waals surface area contributed by atoms with Crippen molar-refractivity contribution in [1.82, 2.24) is 4.90 Å². The molecule has 1 aliphatic heterocycles. The minimum Gasteiger partial charge on any atom is -0.437 e. The number of carbonyl (C=O) groups is 2. The van der Waals surface area contributed by atoms with Gasteiger partial charge in [-0.05, 0) is 33.8 Å². The molecule has 0 radical (unpaired) electrons. The predicted molar refractivity (Wildman–Crippen MR) is 55.9 cm³/mol. The molecule has 1 atom stereocenters. The second kappa shape index (κ2) is 3.68. The van der Waals surface area contributed by atoms with Crippen molar-refractivity contribution in [2.75, 3.05) is 7.05 Å². The van der Waals surface area contributed by atoms with Gasteiger partial charge in [-0.1, -0.05) is 0 Å². The molecule has 15 heavy (non-hydrogen) atoms. The Morgan fingerprint density at radius 1 is 1.47 bits per heavy atom. The topological polar surface area (TPSA) is 46.6 Å². The Morgan fingerprint density at radius 2 is 2.00 bits per heavy atom. The van der Waals surface area contributed by atoms with Crippen LogP contribution in [0, 0.1) is 5.41 Å². The molecule has 0 fully saturated rings. The molecule has 4 heteroatoms. The SMILES string of the molecule is CC1=CC(OC(=O)C(C)(C)C)N(C)C1=O. The summed E-state index contributed by atoms with van der Waals surface area (Å²) in [5.74, 6) is -0.403. The van der Waals surface area contributed by atoms with Gasteiger partial charge in [0.2, 0.25) is 0 Å². The minimum absolute atomic E-state index is 0.0956. The normalized spacial score (nSPS) is 21.7. The number of hydrogen-bond acceptors (Lipinski definition) is 3. The van der Waals surface area contributed by atoms with Gasteiger partial charge in [-0.3, -0.25) is 9.59 Å². The summed E-state index contributed by atoms with van der Waals surface area (Å²) in [7, 11) is 1.62. The molecule has 0 aromatic heterocycles. The van der Waals surface area contributed by atoms with Crippen LogP contribution in [0.5, 0.6) is 0 Å². The maximum absolute atomic E-state index is 11.6. The lowest BCUT2D eigenvalue weighted by atomic mass is 9.97. The molecule has 1 heterocycles. The quantitative estimate of drug-likeness (QED) is 0.614. The molecular weight excluding hydrogens is 194 g/mol. The summed E-state index contributed by atoms with van der Waals surface area (Å²) in [6.07, 6.45) is 1.11. The van der Waals surface area contributed by atoms with Crippen molar-refractivity contribution in [3.8, 4) is 0 Å². The molecule has 1 aliphatic rings. The standard InChI is InChI=1S/C11H17NO3/c1-7-6-8(12(5)9(7)13)15-10(14)11(2,3)4/h6,8H,1-5H3. The van der Waals surface area contributed by atoms with Crippen LogP contribution in [-0.4, -0.2) is 30.1 Å². The van der Waals surface area contributed by atoms with Crippen molar-refractivity contribution in [2.24, 2.45) is 5.41 Å². The van der Waals surface area contributed by atoms with Crippen molar-refractivity contribution < 1.29 is 14.3 Å². The molecule has 1 amide bonds. The zero-order chi connectivity index (χ0) is 11.8. The lowest BCUT2D eigenvalue weighted by molar-refractivity contribution is -0.164. The van der Waals surface area contributed by atoms with Gasteiger partial charge in [-0.25, -0.2) is 0 Å². The fourth-order valence-electron chi connectivity index (χ4n) is 1.19. The van der Waals surface area contributed by atoms with Gasteiger partial charge >= 0.3 is 5.97 Å². The minimum atomic E-state index is -0.552. The summed E-state index contributed by atoms with van der Waals surface area (Å²) < 4.78 is 5.22. The van der Waals surface area contributed by atoms with Gasteiger partial charge in [0, 0.05) is 12.6 Å². The van der Waals surface area contributed by atoms with Crippen LogP contribution in [0.4, 0.5) is 0 Å². The zero-order valence-electron chi connectivity index (χ0n) is 9.83. The summed E-state index contributed by atoms with van der Waals surface area (Å²) in [5, 5.41) is 0. The van der Waals surface area contributed by atoms with Gasteiger partial charge in [0.05, 0.1) is 5.41 Å². The number of ether oxygens (including phenoxy) is 1. The Labute approximate surface area is 89.9 Å². The summed E-state index contributed by atoms with van der Waals surface area (Å²) in [6.45, 7) is 7.05. The Hall–Kier alpha value is -1.32. The summed E-state index contributed by atoms with van der Waals surface area (Å²) in [4.78, 5) is 24.4. The summed E-state index contributed by atoms with van der Waals surface area (Å²) in [6, 6.07) is 0. The van der Waals surface area contributed by atoms with Crippen LogP contribution in [0.3, 0.4) is 0 Å². The Balaban J connectivity index is 2.70. The number of rotatable bonds is 1. The van der Waals surface area contributed by atoms with Crippen LogP contribution in [0.2, 0.25) is 0 Å². The molecule has 0 spiro atoms. The Morgan fingerprint density at radius 3 is 2.33 bits per heavy atom. The van der Waals surface area contributed by atoms with E-state index in [4.69, 9.17) is 4.74 Å². The molecule has 0 aromatic carbocycles. The van der Waals surface area contributed by atoms with Crippen LogP contribution in [0.15, 0.2) is 11.6 Å². The van der Waals surface area contributed by atoms with Crippen LogP contribution < -0.4 is 0 Å². The molecule has 84 valence electrons. The Bertz CT molecular complexity index is 325. The molecule has 0 aromatic rings. The first-order valence-corrected chi connectivity index (χ1v) is 4.90. The predicted octanol–water partition coefficient (Wildman–Crippen LogP) is 1.32. The largest absolute Gasteiger partial charge is 0.437 e. The van der Waals surface area contributed by atoms with Crippen LogP contribution in [0.25, 0.3) is 0 Å². The zero-order valence-corrected chi connectivity index (χ0v) is 9.83. The average Bonchev–Trinajstić information content (AvgIpc) is 2.32. The van der Waals surface area contributed by atoms with E-state index < -0.39 is 11.6 Å². The van der Waals surface area contributed by atoms with Gasteiger partial charge in [0.1, 0.15) is 0 Å². The molecular formula is C11H17NO3. The number of esters is 1. The van der Waals surface area contributed by atoms with E-state index in [1.54, 1.807) is 40.8 Å². The van der Waals surface area contributed by atoms with E-state index in [-0.39, 0.29) is 11.9 Å². The third kappa shape index (κ3) is 2.37. The molecule has 1 unspecified atom stereocenters. The lowest BCUT2D eigenvalue weighted by Gasteiger charge is -2.24. The van der Waals surface area contributed by atoms with Crippen molar-refractivity contribution in [3.63, 3.8) is 0 Å².